The van der Waals surface area contributed by atoms with Gasteiger partial charge in [-0.3, -0.25) is 0 Å². The first-order chi connectivity index (χ1) is 6.76. The second kappa shape index (κ2) is 9.52. The molecule has 5 heteroatoms. The number of nitrogens with zero attached hydrogens (tertiary/aromatic N) is 1. The lowest BCUT2D eigenvalue weighted by Gasteiger charge is -2.20. The normalized spacial score (nSPS) is 9.93. The summed E-state index contributed by atoms with van der Waals surface area (Å²) >= 11 is 4.59. The molecule has 0 aromatic rings. The molecule has 0 fully saturated rings. The third-order valence-corrected chi connectivity index (χ3v) is 2.37. The number of unbranched alkanes of at least 4 members (excludes halogenated alkanes) is 2. The standard InChI is InChI=1S/C9H19NO2S2/c1-3-5-7-10(8-6-4-2)9(11)12-14-13/h13H,3-8H2,1-2H3. The zero-order valence-corrected chi connectivity index (χ0v) is 10.6. The molecule has 0 unspecified atom stereocenters. The Morgan fingerprint density at radius 3 is 2.14 bits per heavy atom. The maximum atomic E-state index is 11.4. The van der Waals surface area contributed by atoms with Gasteiger partial charge in [0.2, 0.25) is 0 Å². The Balaban J connectivity index is 3.88. The number of hydrogen-bond acceptors (Lipinski definition) is 4. The molecule has 14 heavy (non-hydrogen) atoms. The molecule has 0 aliphatic heterocycles. The average Bonchev–Trinajstić information content (AvgIpc) is 2.18. The van der Waals surface area contributed by atoms with Crippen molar-refractivity contribution < 1.29 is 8.98 Å². The van der Waals surface area contributed by atoms with E-state index in [1.54, 1.807) is 4.90 Å². The molecule has 0 saturated heterocycles. The second-order valence-electron chi connectivity index (χ2n) is 3.12. The van der Waals surface area contributed by atoms with Crippen molar-refractivity contribution in [2.24, 2.45) is 0 Å². The van der Waals surface area contributed by atoms with Gasteiger partial charge in [-0.2, -0.15) is 0 Å². The van der Waals surface area contributed by atoms with Crippen molar-refractivity contribution in [3.8, 4) is 0 Å². The van der Waals surface area contributed by atoms with E-state index < -0.39 is 0 Å². The monoisotopic (exact) mass is 237 g/mol. The van der Waals surface area contributed by atoms with Crippen molar-refractivity contribution in [2.75, 3.05) is 13.1 Å². The van der Waals surface area contributed by atoms with Gasteiger partial charge in [-0.25, -0.2) is 4.79 Å². The molecular formula is C9H19NO2S2. The molecular weight excluding hydrogens is 218 g/mol. The minimum absolute atomic E-state index is 0.271. The molecule has 0 spiro atoms. The predicted molar refractivity (Wildman–Crippen MR) is 64.4 cm³/mol. The molecule has 0 aliphatic rings. The van der Waals surface area contributed by atoms with E-state index in [1.807, 2.05) is 0 Å². The molecule has 0 radical (unpaired) electrons. The van der Waals surface area contributed by atoms with Crippen LogP contribution in [0.2, 0.25) is 0 Å². The van der Waals surface area contributed by atoms with E-state index in [9.17, 15) is 4.79 Å². The summed E-state index contributed by atoms with van der Waals surface area (Å²) in [6.07, 6.45) is 3.95. The summed E-state index contributed by atoms with van der Waals surface area (Å²) < 4.78 is 4.77. The lowest BCUT2D eigenvalue weighted by molar-refractivity contribution is 0.159. The van der Waals surface area contributed by atoms with E-state index >= 15 is 0 Å². The van der Waals surface area contributed by atoms with Gasteiger partial charge >= 0.3 is 6.09 Å². The zero-order valence-electron chi connectivity index (χ0n) is 8.86. The lowest BCUT2D eigenvalue weighted by Crippen LogP contribution is -2.32. The Kier molecular flexibility index (Phi) is 9.50. The number of thiol groups is 1. The summed E-state index contributed by atoms with van der Waals surface area (Å²) in [6.45, 7) is 5.78. The van der Waals surface area contributed by atoms with Gasteiger partial charge in [-0.05, 0) is 12.8 Å². The van der Waals surface area contributed by atoms with E-state index in [0.29, 0.717) is 0 Å². The third kappa shape index (κ3) is 6.43. The van der Waals surface area contributed by atoms with Gasteiger partial charge in [0.1, 0.15) is 11.1 Å². The van der Waals surface area contributed by atoms with Crippen LogP contribution in [0.1, 0.15) is 39.5 Å². The number of carbonyl (C=O) groups is 1. The number of rotatable bonds is 7. The fourth-order valence-corrected chi connectivity index (χ4v) is 1.44. The maximum absolute atomic E-state index is 11.4. The van der Waals surface area contributed by atoms with Crippen molar-refractivity contribution in [3.05, 3.63) is 0 Å². The molecule has 0 aromatic heterocycles. The van der Waals surface area contributed by atoms with Crippen LogP contribution < -0.4 is 0 Å². The molecule has 0 atom stereocenters. The van der Waals surface area contributed by atoms with Crippen molar-refractivity contribution in [1.29, 1.82) is 0 Å². The molecule has 3 nitrogen and oxygen atoms in total. The largest absolute Gasteiger partial charge is 0.422 e. The lowest BCUT2D eigenvalue weighted by atomic mass is 10.3. The highest BCUT2D eigenvalue weighted by Gasteiger charge is 2.13. The Hall–Kier alpha value is -0.0300. The molecule has 1 amide bonds. The highest BCUT2D eigenvalue weighted by molar-refractivity contribution is 8.66. The zero-order chi connectivity index (χ0) is 10.8. The van der Waals surface area contributed by atoms with Crippen LogP contribution in [0, 0.1) is 0 Å². The summed E-state index contributed by atoms with van der Waals surface area (Å²) in [6, 6.07) is 0. The molecule has 0 heterocycles. The maximum Gasteiger partial charge on any atom is 0.422 e. The van der Waals surface area contributed by atoms with Gasteiger partial charge in [-0.15, -0.1) is 0 Å². The van der Waals surface area contributed by atoms with Crippen molar-refractivity contribution in [1.82, 2.24) is 4.90 Å². The molecule has 0 saturated carbocycles. The summed E-state index contributed by atoms with van der Waals surface area (Å²) in [5.74, 6) is 0. The van der Waals surface area contributed by atoms with Gasteiger partial charge in [0, 0.05) is 13.1 Å². The summed E-state index contributed by atoms with van der Waals surface area (Å²) in [5, 5.41) is 0. The minimum atomic E-state index is -0.271. The molecule has 0 bridgehead atoms. The van der Waals surface area contributed by atoms with E-state index in [0.717, 1.165) is 49.8 Å². The number of hydrogen-bond donors (Lipinski definition) is 1. The van der Waals surface area contributed by atoms with Gasteiger partial charge in [0.05, 0.1) is 0 Å². The van der Waals surface area contributed by atoms with Gasteiger partial charge < -0.3 is 9.08 Å². The van der Waals surface area contributed by atoms with Crippen molar-refractivity contribution in [3.63, 3.8) is 0 Å². The first-order valence-electron chi connectivity index (χ1n) is 5.03. The average molecular weight is 237 g/mol. The molecule has 0 rings (SSSR count). The van der Waals surface area contributed by atoms with Gasteiger partial charge in [0.15, 0.2) is 0 Å². The van der Waals surface area contributed by atoms with Gasteiger partial charge in [-0.1, -0.05) is 38.3 Å². The fraction of sp³-hybridized carbons (Fsp3) is 0.889. The first kappa shape index (κ1) is 14.0. The fourth-order valence-electron chi connectivity index (χ4n) is 1.08. The van der Waals surface area contributed by atoms with E-state index in [2.05, 4.69) is 25.5 Å². The molecule has 0 aromatic carbocycles. The summed E-state index contributed by atoms with van der Waals surface area (Å²) in [4.78, 5) is 13.1. The van der Waals surface area contributed by atoms with E-state index in [4.69, 9.17) is 4.18 Å². The Morgan fingerprint density at radius 2 is 1.79 bits per heavy atom. The highest BCUT2D eigenvalue weighted by Crippen LogP contribution is 2.11. The van der Waals surface area contributed by atoms with Crippen LogP contribution in [-0.4, -0.2) is 24.1 Å². The number of carbonyl (C=O) groups excluding carboxylic acids is 1. The SMILES string of the molecule is CCCCN(CCCC)C(=O)OSS. The number of amides is 1. The Labute approximate surface area is 95.6 Å². The smallest absolute Gasteiger partial charge is 0.363 e. The van der Waals surface area contributed by atoms with Crippen LogP contribution in [0.25, 0.3) is 0 Å². The predicted octanol–water partition coefficient (Wildman–Crippen LogP) is 3.52. The Bertz CT molecular complexity index is 148. The van der Waals surface area contributed by atoms with Crippen LogP contribution in [0.3, 0.4) is 0 Å². The topological polar surface area (TPSA) is 29.5 Å². The summed E-state index contributed by atoms with van der Waals surface area (Å²) in [5.41, 5.74) is 0. The van der Waals surface area contributed by atoms with E-state index in [1.165, 1.54) is 0 Å². The third-order valence-electron chi connectivity index (χ3n) is 1.93. The van der Waals surface area contributed by atoms with Crippen LogP contribution in [0.5, 0.6) is 0 Å². The quantitative estimate of drug-likeness (QED) is 0.417. The molecule has 84 valence electrons. The van der Waals surface area contributed by atoms with Crippen LogP contribution in [0.15, 0.2) is 0 Å². The van der Waals surface area contributed by atoms with Crippen molar-refractivity contribution in [2.45, 2.75) is 39.5 Å². The second-order valence-corrected chi connectivity index (χ2v) is 3.88. The molecule has 0 aliphatic carbocycles. The first-order valence-corrected chi connectivity index (χ1v) is 6.82. The van der Waals surface area contributed by atoms with Crippen molar-refractivity contribution >= 4 is 28.8 Å². The molecule has 0 N–H and O–H groups in total. The Morgan fingerprint density at radius 1 is 1.29 bits per heavy atom. The minimum Gasteiger partial charge on any atom is -0.363 e. The van der Waals surface area contributed by atoms with Crippen LogP contribution in [0.4, 0.5) is 4.79 Å². The summed E-state index contributed by atoms with van der Waals surface area (Å²) in [7, 11) is 0. The highest BCUT2D eigenvalue weighted by atomic mass is 33.1. The van der Waals surface area contributed by atoms with Gasteiger partial charge in [0.25, 0.3) is 0 Å². The van der Waals surface area contributed by atoms with Crippen LogP contribution in [-0.2, 0) is 4.18 Å². The van der Waals surface area contributed by atoms with Crippen LogP contribution >= 0.6 is 22.7 Å². The van der Waals surface area contributed by atoms with E-state index in [-0.39, 0.29) is 6.09 Å².